The van der Waals surface area contributed by atoms with Gasteiger partial charge in [-0.25, -0.2) is 8.42 Å². The van der Waals surface area contributed by atoms with Crippen LogP contribution in [0.3, 0.4) is 0 Å². The summed E-state index contributed by atoms with van der Waals surface area (Å²) < 4.78 is 23.0. The van der Waals surface area contributed by atoms with E-state index in [4.69, 9.17) is 0 Å². The van der Waals surface area contributed by atoms with Crippen molar-refractivity contribution in [1.29, 1.82) is 0 Å². The Labute approximate surface area is 132 Å². The van der Waals surface area contributed by atoms with Crippen molar-refractivity contribution in [3.05, 3.63) is 29.8 Å². The second-order valence-electron chi connectivity index (χ2n) is 6.19. The molecule has 1 aromatic rings. The molecule has 1 unspecified atom stereocenters. The first-order valence-corrected chi connectivity index (χ1v) is 9.40. The third kappa shape index (κ3) is 4.22. The van der Waals surface area contributed by atoms with Crippen LogP contribution in [0.25, 0.3) is 0 Å². The third-order valence-corrected chi connectivity index (χ3v) is 5.92. The molecule has 1 aliphatic rings. The molecule has 0 bridgehead atoms. The Morgan fingerprint density at radius 2 is 1.95 bits per heavy atom. The number of anilines is 1. The highest BCUT2D eigenvalue weighted by Crippen LogP contribution is 2.18. The van der Waals surface area contributed by atoms with Crippen LogP contribution in [0.5, 0.6) is 0 Å². The monoisotopic (exact) mass is 324 g/mol. The van der Waals surface area contributed by atoms with E-state index in [0.717, 1.165) is 5.69 Å². The predicted octanol–water partition coefficient (Wildman–Crippen LogP) is 1.87. The highest BCUT2D eigenvalue weighted by molar-refractivity contribution is 7.91. The number of benzene rings is 1. The lowest BCUT2D eigenvalue weighted by Crippen LogP contribution is -2.40. The Morgan fingerprint density at radius 3 is 2.45 bits per heavy atom. The molecule has 1 fully saturated rings. The molecule has 1 N–H and O–H groups in total. The fraction of sp³-hybridized carbons (Fsp3) is 0.562. The van der Waals surface area contributed by atoms with Crippen molar-refractivity contribution in [2.24, 2.45) is 0 Å². The first kappa shape index (κ1) is 16.8. The minimum absolute atomic E-state index is 0.0817. The van der Waals surface area contributed by atoms with Gasteiger partial charge in [0, 0.05) is 18.8 Å². The van der Waals surface area contributed by atoms with E-state index in [2.05, 4.69) is 19.2 Å². The maximum atomic E-state index is 12.2. The molecule has 1 heterocycles. The van der Waals surface area contributed by atoms with E-state index < -0.39 is 9.84 Å². The largest absolute Gasteiger partial charge is 0.376 e. The van der Waals surface area contributed by atoms with Crippen LogP contribution in [0.4, 0.5) is 5.69 Å². The zero-order valence-electron chi connectivity index (χ0n) is 13.4. The van der Waals surface area contributed by atoms with Crippen molar-refractivity contribution in [3.63, 3.8) is 0 Å². The summed E-state index contributed by atoms with van der Waals surface area (Å²) in [6.07, 6.45) is 0.535. The van der Waals surface area contributed by atoms with Crippen LogP contribution in [-0.4, -0.2) is 50.4 Å². The van der Waals surface area contributed by atoms with Gasteiger partial charge in [-0.15, -0.1) is 0 Å². The van der Waals surface area contributed by atoms with Crippen molar-refractivity contribution in [2.45, 2.75) is 32.2 Å². The lowest BCUT2D eigenvalue weighted by Gasteiger charge is -2.23. The third-order valence-electron chi connectivity index (χ3n) is 4.17. The SMILES string of the molecule is CC(C)c1ccc(NCC(=O)N(C)C2CCS(=O)(=O)C2)cc1. The molecule has 0 aliphatic carbocycles. The Morgan fingerprint density at radius 1 is 1.32 bits per heavy atom. The van der Waals surface area contributed by atoms with E-state index >= 15 is 0 Å². The zero-order chi connectivity index (χ0) is 16.3. The summed E-state index contributed by atoms with van der Waals surface area (Å²) >= 11 is 0. The molecule has 1 saturated heterocycles. The number of sulfone groups is 1. The maximum absolute atomic E-state index is 12.2. The van der Waals surface area contributed by atoms with Gasteiger partial charge in [-0.1, -0.05) is 26.0 Å². The van der Waals surface area contributed by atoms with Gasteiger partial charge in [0.05, 0.1) is 18.1 Å². The van der Waals surface area contributed by atoms with Gasteiger partial charge in [0.15, 0.2) is 9.84 Å². The lowest BCUT2D eigenvalue weighted by atomic mass is 10.0. The number of nitrogens with zero attached hydrogens (tertiary/aromatic N) is 1. The van der Waals surface area contributed by atoms with Gasteiger partial charge in [0.25, 0.3) is 0 Å². The van der Waals surface area contributed by atoms with Crippen LogP contribution in [0.15, 0.2) is 24.3 Å². The number of carbonyl (C=O) groups is 1. The number of amides is 1. The summed E-state index contributed by atoms with van der Waals surface area (Å²) in [6.45, 7) is 4.45. The van der Waals surface area contributed by atoms with Gasteiger partial charge in [-0.3, -0.25) is 4.79 Å². The summed E-state index contributed by atoms with van der Waals surface area (Å²) in [4.78, 5) is 13.7. The second-order valence-corrected chi connectivity index (χ2v) is 8.42. The number of likely N-dealkylation sites (N-methyl/N-ethyl adjacent to an activating group) is 1. The minimum Gasteiger partial charge on any atom is -0.376 e. The molecule has 1 aromatic carbocycles. The number of nitrogens with one attached hydrogen (secondary N) is 1. The highest BCUT2D eigenvalue weighted by atomic mass is 32.2. The molecule has 22 heavy (non-hydrogen) atoms. The fourth-order valence-corrected chi connectivity index (χ4v) is 4.35. The maximum Gasteiger partial charge on any atom is 0.241 e. The molecule has 6 heteroatoms. The van der Waals surface area contributed by atoms with E-state index in [-0.39, 0.29) is 30.0 Å². The molecular weight excluding hydrogens is 300 g/mol. The van der Waals surface area contributed by atoms with Crippen molar-refractivity contribution >= 4 is 21.4 Å². The molecule has 0 aromatic heterocycles. The molecule has 0 radical (unpaired) electrons. The van der Waals surface area contributed by atoms with Crippen molar-refractivity contribution in [3.8, 4) is 0 Å². The smallest absolute Gasteiger partial charge is 0.241 e. The molecular formula is C16H24N2O3S. The van der Waals surface area contributed by atoms with Gasteiger partial charge < -0.3 is 10.2 Å². The first-order chi connectivity index (χ1) is 10.3. The standard InChI is InChI=1S/C16H24N2O3S/c1-12(2)13-4-6-14(7-5-13)17-10-16(19)18(3)15-8-9-22(20,21)11-15/h4-7,12,15,17H,8-11H2,1-3H3. The van der Waals surface area contributed by atoms with E-state index in [9.17, 15) is 13.2 Å². The quantitative estimate of drug-likeness (QED) is 0.898. The van der Waals surface area contributed by atoms with Gasteiger partial charge in [0.1, 0.15) is 0 Å². The first-order valence-electron chi connectivity index (χ1n) is 7.58. The molecule has 0 saturated carbocycles. The summed E-state index contributed by atoms with van der Waals surface area (Å²) in [7, 11) is -1.29. The number of carbonyl (C=O) groups excluding carboxylic acids is 1. The van der Waals surface area contributed by atoms with E-state index in [1.807, 2.05) is 24.3 Å². The van der Waals surface area contributed by atoms with E-state index in [1.165, 1.54) is 5.56 Å². The number of rotatable bonds is 5. The Balaban J connectivity index is 1.87. The average Bonchev–Trinajstić information content (AvgIpc) is 2.84. The summed E-state index contributed by atoms with van der Waals surface area (Å²) in [5, 5.41) is 3.10. The predicted molar refractivity (Wildman–Crippen MR) is 88.8 cm³/mol. The van der Waals surface area contributed by atoms with Crippen molar-refractivity contribution in [2.75, 3.05) is 30.4 Å². The Hall–Kier alpha value is -1.56. The van der Waals surface area contributed by atoms with Gasteiger partial charge in [-0.05, 0) is 30.0 Å². The fourth-order valence-electron chi connectivity index (χ4n) is 2.57. The van der Waals surface area contributed by atoms with E-state index in [0.29, 0.717) is 12.3 Å². The average molecular weight is 324 g/mol. The van der Waals surface area contributed by atoms with Gasteiger partial charge in [0.2, 0.25) is 5.91 Å². The molecule has 1 atom stereocenters. The van der Waals surface area contributed by atoms with Gasteiger partial charge >= 0.3 is 0 Å². The van der Waals surface area contributed by atoms with Crippen LogP contribution in [0, 0.1) is 0 Å². The topological polar surface area (TPSA) is 66.5 Å². The summed E-state index contributed by atoms with van der Waals surface area (Å²) in [5.41, 5.74) is 2.15. The second kappa shape index (κ2) is 6.69. The van der Waals surface area contributed by atoms with Crippen LogP contribution in [0.1, 0.15) is 31.7 Å². The van der Waals surface area contributed by atoms with Crippen LogP contribution < -0.4 is 5.32 Å². The molecule has 1 amide bonds. The van der Waals surface area contributed by atoms with Crippen LogP contribution >= 0.6 is 0 Å². The summed E-state index contributed by atoms with van der Waals surface area (Å²) in [6, 6.07) is 7.82. The van der Waals surface area contributed by atoms with Gasteiger partial charge in [-0.2, -0.15) is 0 Å². The molecule has 1 aliphatic heterocycles. The van der Waals surface area contributed by atoms with Crippen LogP contribution in [-0.2, 0) is 14.6 Å². The van der Waals surface area contributed by atoms with Crippen molar-refractivity contribution in [1.82, 2.24) is 4.90 Å². The normalized spacial score (nSPS) is 20.1. The molecule has 0 spiro atoms. The lowest BCUT2D eigenvalue weighted by molar-refractivity contribution is -0.129. The molecule has 5 nitrogen and oxygen atoms in total. The minimum atomic E-state index is -2.97. The number of hydrogen-bond donors (Lipinski definition) is 1. The Bertz CT molecular complexity index is 623. The van der Waals surface area contributed by atoms with Crippen molar-refractivity contribution < 1.29 is 13.2 Å². The molecule has 2 rings (SSSR count). The van der Waals surface area contributed by atoms with E-state index in [1.54, 1.807) is 11.9 Å². The summed E-state index contributed by atoms with van der Waals surface area (Å²) in [5.74, 6) is 0.652. The highest BCUT2D eigenvalue weighted by Gasteiger charge is 2.32. The Kier molecular flexibility index (Phi) is 5.11. The zero-order valence-corrected chi connectivity index (χ0v) is 14.2. The molecule has 122 valence electrons. The number of hydrogen-bond acceptors (Lipinski definition) is 4. The van der Waals surface area contributed by atoms with Crippen LogP contribution in [0.2, 0.25) is 0 Å².